The lowest BCUT2D eigenvalue weighted by atomic mass is 10.1. The molecule has 0 amide bonds. The van der Waals surface area contributed by atoms with Crippen LogP contribution in [0.2, 0.25) is 5.02 Å². The number of piperazine rings is 1. The van der Waals surface area contributed by atoms with E-state index in [2.05, 4.69) is 9.80 Å². The maximum absolute atomic E-state index is 10.4. The van der Waals surface area contributed by atoms with Crippen molar-refractivity contribution in [3.05, 3.63) is 64.7 Å². The largest absolute Gasteiger partial charge is 0.508 e. The molecule has 1 aliphatic rings. The molecule has 5 heteroatoms. The summed E-state index contributed by atoms with van der Waals surface area (Å²) < 4.78 is 0. The molecule has 24 heavy (non-hydrogen) atoms. The Balaban J connectivity index is 1.49. The van der Waals surface area contributed by atoms with Crippen molar-refractivity contribution in [2.75, 3.05) is 32.7 Å². The molecule has 0 spiro atoms. The summed E-state index contributed by atoms with van der Waals surface area (Å²) in [5.74, 6) is 0.314. The maximum Gasteiger partial charge on any atom is 0.115 e. The van der Waals surface area contributed by atoms with Gasteiger partial charge in [-0.15, -0.1) is 0 Å². The van der Waals surface area contributed by atoms with Crippen molar-refractivity contribution in [1.29, 1.82) is 0 Å². The summed E-state index contributed by atoms with van der Waals surface area (Å²) in [7, 11) is 0. The molecular weight excluding hydrogens is 324 g/mol. The zero-order valence-electron chi connectivity index (χ0n) is 13.6. The van der Waals surface area contributed by atoms with E-state index in [0.717, 1.165) is 43.9 Å². The number of aromatic hydroxyl groups is 1. The van der Waals surface area contributed by atoms with Gasteiger partial charge in [0.2, 0.25) is 0 Å². The standard InChI is InChI=1S/C19H23ClN2O2/c20-18-7-2-1-6-17(18)19(24)14-22-10-8-21(9-11-22)13-15-4-3-5-16(23)12-15/h1-7,12,19,23-24H,8-11,13-14H2. The van der Waals surface area contributed by atoms with Gasteiger partial charge in [-0.2, -0.15) is 0 Å². The second-order valence-corrected chi connectivity index (χ2v) is 6.69. The van der Waals surface area contributed by atoms with E-state index in [1.54, 1.807) is 6.07 Å². The van der Waals surface area contributed by atoms with Crippen molar-refractivity contribution in [3.8, 4) is 5.75 Å². The molecular formula is C19H23ClN2O2. The summed E-state index contributed by atoms with van der Waals surface area (Å²) in [6.45, 7) is 5.18. The van der Waals surface area contributed by atoms with Crippen molar-refractivity contribution in [2.24, 2.45) is 0 Å². The first-order chi connectivity index (χ1) is 11.6. The third-order valence-corrected chi connectivity index (χ3v) is 4.82. The van der Waals surface area contributed by atoms with E-state index in [1.807, 2.05) is 42.5 Å². The van der Waals surface area contributed by atoms with Crippen molar-refractivity contribution in [2.45, 2.75) is 12.6 Å². The quantitative estimate of drug-likeness (QED) is 0.874. The monoisotopic (exact) mass is 346 g/mol. The summed E-state index contributed by atoms with van der Waals surface area (Å²) >= 11 is 6.16. The number of aliphatic hydroxyl groups is 1. The number of rotatable bonds is 5. The third-order valence-electron chi connectivity index (χ3n) is 4.48. The minimum Gasteiger partial charge on any atom is -0.508 e. The molecule has 1 fully saturated rings. The maximum atomic E-state index is 10.4. The highest BCUT2D eigenvalue weighted by Crippen LogP contribution is 2.23. The topological polar surface area (TPSA) is 46.9 Å². The van der Waals surface area contributed by atoms with Crippen LogP contribution in [0.1, 0.15) is 17.2 Å². The van der Waals surface area contributed by atoms with E-state index in [1.165, 1.54) is 0 Å². The van der Waals surface area contributed by atoms with Crippen LogP contribution < -0.4 is 0 Å². The van der Waals surface area contributed by atoms with E-state index in [0.29, 0.717) is 17.3 Å². The van der Waals surface area contributed by atoms with Crippen LogP contribution >= 0.6 is 11.6 Å². The Hall–Kier alpha value is -1.59. The molecule has 128 valence electrons. The fourth-order valence-corrected chi connectivity index (χ4v) is 3.39. The van der Waals surface area contributed by atoms with Gasteiger partial charge in [-0.25, -0.2) is 0 Å². The van der Waals surface area contributed by atoms with Crippen LogP contribution in [0.5, 0.6) is 5.75 Å². The number of phenolic OH excluding ortho intramolecular Hbond substituents is 1. The third kappa shape index (κ3) is 4.48. The van der Waals surface area contributed by atoms with Gasteiger partial charge in [-0.05, 0) is 23.8 Å². The van der Waals surface area contributed by atoms with E-state index < -0.39 is 6.10 Å². The van der Waals surface area contributed by atoms with Crippen LogP contribution in [0, 0.1) is 0 Å². The molecule has 0 aromatic heterocycles. The zero-order chi connectivity index (χ0) is 16.9. The number of phenols is 1. The van der Waals surface area contributed by atoms with Crippen molar-refractivity contribution < 1.29 is 10.2 Å². The lowest BCUT2D eigenvalue weighted by Crippen LogP contribution is -2.47. The van der Waals surface area contributed by atoms with Crippen molar-refractivity contribution >= 4 is 11.6 Å². The average molecular weight is 347 g/mol. The number of aliphatic hydroxyl groups excluding tert-OH is 1. The van der Waals surface area contributed by atoms with Gasteiger partial charge >= 0.3 is 0 Å². The number of hydrogen-bond donors (Lipinski definition) is 2. The Morgan fingerprint density at radius 2 is 1.67 bits per heavy atom. The molecule has 0 aliphatic carbocycles. The van der Waals surface area contributed by atoms with Gasteiger partial charge in [0, 0.05) is 49.9 Å². The van der Waals surface area contributed by atoms with Crippen LogP contribution in [0.15, 0.2) is 48.5 Å². The number of β-amino-alcohol motifs (C(OH)–C–C–N with tert-alkyl or cyclic N) is 1. The van der Waals surface area contributed by atoms with Gasteiger partial charge in [0.25, 0.3) is 0 Å². The summed E-state index contributed by atoms with van der Waals surface area (Å²) in [5.41, 5.74) is 1.92. The summed E-state index contributed by atoms with van der Waals surface area (Å²) in [4.78, 5) is 4.64. The van der Waals surface area contributed by atoms with Gasteiger partial charge in [0.05, 0.1) is 6.10 Å². The van der Waals surface area contributed by atoms with Gasteiger partial charge in [-0.3, -0.25) is 9.80 Å². The molecule has 1 aliphatic heterocycles. The molecule has 0 radical (unpaired) electrons. The molecule has 2 N–H and O–H groups in total. The molecule has 1 heterocycles. The minimum atomic E-state index is -0.559. The predicted molar refractivity (Wildman–Crippen MR) is 96.2 cm³/mol. The average Bonchev–Trinajstić information content (AvgIpc) is 2.57. The molecule has 3 rings (SSSR count). The van der Waals surface area contributed by atoms with E-state index in [9.17, 15) is 10.2 Å². The van der Waals surface area contributed by atoms with Crippen molar-refractivity contribution in [1.82, 2.24) is 9.80 Å². The molecule has 2 aromatic carbocycles. The Morgan fingerprint density at radius 3 is 2.38 bits per heavy atom. The van der Waals surface area contributed by atoms with Gasteiger partial charge in [0.1, 0.15) is 5.75 Å². The summed E-state index contributed by atoms with van der Waals surface area (Å²) in [6, 6.07) is 14.9. The van der Waals surface area contributed by atoms with E-state index >= 15 is 0 Å². The number of nitrogens with zero attached hydrogens (tertiary/aromatic N) is 2. The van der Waals surface area contributed by atoms with Crippen LogP contribution in [-0.2, 0) is 6.54 Å². The fraction of sp³-hybridized carbons (Fsp3) is 0.368. The Kier molecular flexibility index (Phi) is 5.74. The highest BCUT2D eigenvalue weighted by Gasteiger charge is 2.21. The Bertz CT molecular complexity index is 672. The number of benzene rings is 2. The first-order valence-electron chi connectivity index (χ1n) is 8.27. The number of halogens is 1. The summed E-state index contributed by atoms with van der Waals surface area (Å²) in [5, 5.41) is 20.6. The first kappa shape index (κ1) is 17.2. The molecule has 1 saturated heterocycles. The molecule has 1 atom stereocenters. The molecule has 1 unspecified atom stereocenters. The molecule has 0 saturated carbocycles. The SMILES string of the molecule is Oc1cccc(CN2CCN(CC(O)c3ccccc3Cl)CC2)c1. The van der Waals surface area contributed by atoms with Crippen LogP contribution in [0.3, 0.4) is 0 Å². The highest BCUT2D eigenvalue weighted by atomic mass is 35.5. The van der Waals surface area contributed by atoms with Gasteiger partial charge < -0.3 is 10.2 Å². The smallest absolute Gasteiger partial charge is 0.115 e. The highest BCUT2D eigenvalue weighted by molar-refractivity contribution is 6.31. The van der Waals surface area contributed by atoms with Crippen molar-refractivity contribution in [3.63, 3.8) is 0 Å². The second kappa shape index (κ2) is 7.99. The molecule has 4 nitrogen and oxygen atoms in total. The van der Waals surface area contributed by atoms with Crippen LogP contribution in [0.4, 0.5) is 0 Å². The minimum absolute atomic E-state index is 0.314. The predicted octanol–water partition coefficient (Wildman–Crippen LogP) is 2.90. The van der Waals surface area contributed by atoms with Gasteiger partial charge in [-0.1, -0.05) is 41.9 Å². The zero-order valence-corrected chi connectivity index (χ0v) is 14.4. The lowest BCUT2D eigenvalue weighted by molar-refractivity contribution is 0.0701. The fourth-order valence-electron chi connectivity index (χ4n) is 3.13. The normalized spacial score (nSPS) is 17.8. The van der Waals surface area contributed by atoms with E-state index in [-0.39, 0.29) is 0 Å². The van der Waals surface area contributed by atoms with Gasteiger partial charge in [0.15, 0.2) is 0 Å². The number of hydrogen-bond acceptors (Lipinski definition) is 4. The molecule has 0 bridgehead atoms. The Morgan fingerprint density at radius 1 is 0.958 bits per heavy atom. The Labute approximate surface area is 147 Å². The summed E-state index contributed by atoms with van der Waals surface area (Å²) in [6.07, 6.45) is -0.559. The first-order valence-corrected chi connectivity index (χ1v) is 8.65. The van der Waals surface area contributed by atoms with Crippen LogP contribution in [0.25, 0.3) is 0 Å². The second-order valence-electron chi connectivity index (χ2n) is 6.28. The lowest BCUT2D eigenvalue weighted by Gasteiger charge is -2.35. The molecule has 2 aromatic rings. The van der Waals surface area contributed by atoms with Crippen LogP contribution in [-0.4, -0.2) is 52.7 Å². The van der Waals surface area contributed by atoms with E-state index in [4.69, 9.17) is 11.6 Å².